The van der Waals surface area contributed by atoms with E-state index in [1.54, 1.807) is 12.1 Å². The van der Waals surface area contributed by atoms with Gasteiger partial charge < -0.3 is 14.6 Å². The third kappa shape index (κ3) is 3.80. The summed E-state index contributed by atoms with van der Waals surface area (Å²) < 4.78 is 22.9. The molecule has 1 fully saturated rings. The summed E-state index contributed by atoms with van der Waals surface area (Å²) in [5.41, 5.74) is 0.182. The Morgan fingerprint density at radius 3 is 3.00 bits per heavy atom. The Hall–Kier alpha value is -1.40. The van der Waals surface area contributed by atoms with Crippen molar-refractivity contribution in [3.8, 4) is 5.75 Å². The average Bonchev–Trinajstić information content (AvgIpc) is 2.85. The number of carbonyl (C=O) groups is 1. The monoisotopic (exact) mass is 298 g/mol. The van der Waals surface area contributed by atoms with Crippen molar-refractivity contribution in [2.45, 2.75) is 24.7 Å². The first-order valence-corrected chi connectivity index (χ1v) is 7.91. The number of hydrogen-bond acceptors (Lipinski definition) is 4. The Morgan fingerprint density at radius 1 is 1.55 bits per heavy atom. The van der Waals surface area contributed by atoms with Gasteiger partial charge >= 0.3 is 5.97 Å². The van der Waals surface area contributed by atoms with Gasteiger partial charge in [-0.15, -0.1) is 0 Å². The molecular weight excluding hydrogens is 280 g/mol. The molecule has 0 amide bonds. The smallest absolute Gasteiger partial charge is 0.335 e. The number of hydrogen-bond donors (Lipinski definition) is 1. The number of ether oxygens (including phenoxy) is 2. The normalized spacial score (nSPS) is 23.4. The number of carboxylic acid groups (broad SMARTS) is 1. The van der Waals surface area contributed by atoms with Crippen molar-refractivity contribution in [3.63, 3.8) is 0 Å². The lowest BCUT2D eigenvalue weighted by molar-refractivity contribution is 0.0696. The highest BCUT2D eigenvalue weighted by Gasteiger charge is 2.29. The Morgan fingerprint density at radius 2 is 2.35 bits per heavy atom. The van der Waals surface area contributed by atoms with Crippen molar-refractivity contribution in [1.82, 2.24) is 0 Å². The Balaban J connectivity index is 1.82. The number of benzene rings is 1. The quantitative estimate of drug-likeness (QED) is 0.865. The summed E-state index contributed by atoms with van der Waals surface area (Å²) in [5, 5.41) is 8.95. The van der Waals surface area contributed by atoms with Gasteiger partial charge in [-0.3, -0.25) is 4.21 Å². The molecule has 1 aromatic rings. The maximum Gasteiger partial charge on any atom is 0.335 e. The van der Waals surface area contributed by atoms with Crippen LogP contribution in [0.3, 0.4) is 0 Å². The molecule has 1 saturated heterocycles. The van der Waals surface area contributed by atoms with Gasteiger partial charge in [0.1, 0.15) is 5.75 Å². The van der Waals surface area contributed by atoms with E-state index < -0.39 is 16.8 Å². The largest absolute Gasteiger partial charge is 0.493 e. The molecule has 20 heavy (non-hydrogen) atoms. The summed E-state index contributed by atoms with van der Waals surface area (Å²) in [6.45, 7) is 2.91. The van der Waals surface area contributed by atoms with Crippen LogP contribution in [-0.4, -0.2) is 45.6 Å². The molecule has 2 rings (SSSR count). The lowest BCUT2D eigenvalue weighted by Gasteiger charge is -2.14. The van der Waals surface area contributed by atoms with Gasteiger partial charge in [0.2, 0.25) is 0 Å². The van der Waals surface area contributed by atoms with E-state index in [1.807, 2.05) is 6.92 Å². The van der Waals surface area contributed by atoms with Crippen LogP contribution in [0.15, 0.2) is 24.3 Å². The molecule has 0 aliphatic carbocycles. The van der Waals surface area contributed by atoms with E-state index in [9.17, 15) is 9.00 Å². The second kappa shape index (κ2) is 6.85. The fourth-order valence-corrected chi connectivity index (χ4v) is 3.58. The van der Waals surface area contributed by atoms with E-state index >= 15 is 0 Å². The highest BCUT2D eigenvalue weighted by molar-refractivity contribution is 7.85. The van der Waals surface area contributed by atoms with Crippen LogP contribution in [0, 0.1) is 0 Å². The number of rotatable bonds is 6. The summed E-state index contributed by atoms with van der Waals surface area (Å²) in [4.78, 5) is 10.8. The standard InChI is InChI=1S/C14H18O5S/c1-10-13(5-6-18-10)20(17)8-7-19-12-4-2-3-11(9-12)14(15)16/h2-4,9-10,13H,5-8H2,1H3,(H,15,16). The van der Waals surface area contributed by atoms with Crippen molar-refractivity contribution in [2.24, 2.45) is 0 Å². The first kappa shape index (κ1) is 15.0. The minimum Gasteiger partial charge on any atom is -0.493 e. The molecule has 0 saturated carbocycles. The zero-order valence-electron chi connectivity index (χ0n) is 11.3. The summed E-state index contributed by atoms with van der Waals surface area (Å²) >= 11 is 0. The topological polar surface area (TPSA) is 72.8 Å². The van der Waals surface area contributed by atoms with Gasteiger partial charge in [-0.2, -0.15) is 0 Å². The number of carboxylic acids is 1. The van der Waals surface area contributed by atoms with Gasteiger partial charge in [-0.1, -0.05) is 6.07 Å². The maximum atomic E-state index is 12.1. The van der Waals surface area contributed by atoms with Crippen molar-refractivity contribution in [2.75, 3.05) is 19.0 Å². The Labute approximate surface area is 120 Å². The van der Waals surface area contributed by atoms with Crippen LogP contribution in [0.25, 0.3) is 0 Å². The lowest BCUT2D eigenvalue weighted by atomic mass is 10.2. The Kier molecular flexibility index (Phi) is 5.14. The van der Waals surface area contributed by atoms with Gasteiger partial charge in [-0.25, -0.2) is 4.79 Å². The molecule has 0 radical (unpaired) electrons. The van der Waals surface area contributed by atoms with Gasteiger partial charge in [0.05, 0.1) is 29.3 Å². The summed E-state index contributed by atoms with van der Waals surface area (Å²) in [7, 11) is -0.980. The fourth-order valence-electron chi connectivity index (χ4n) is 2.17. The first-order valence-electron chi connectivity index (χ1n) is 6.53. The van der Waals surface area contributed by atoms with Crippen LogP contribution >= 0.6 is 0 Å². The molecule has 3 atom stereocenters. The zero-order chi connectivity index (χ0) is 14.5. The molecule has 0 bridgehead atoms. The predicted octanol–water partition coefficient (Wildman–Crippen LogP) is 1.69. The average molecular weight is 298 g/mol. The van der Waals surface area contributed by atoms with Crippen LogP contribution in [-0.2, 0) is 15.5 Å². The molecule has 5 nitrogen and oxygen atoms in total. The van der Waals surface area contributed by atoms with Crippen molar-refractivity contribution >= 4 is 16.8 Å². The van der Waals surface area contributed by atoms with E-state index in [-0.39, 0.29) is 16.9 Å². The molecule has 1 aliphatic rings. The minimum absolute atomic E-state index is 0.0335. The number of aromatic carboxylic acids is 1. The van der Waals surface area contributed by atoms with Crippen LogP contribution in [0.1, 0.15) is 23.7 Å². The molecule has 3 unspecified atom stereocenters. The molecular formula is C14H18O5S. The molecule has 0 spiro atoms. The second-order valence-corrected chi connectivity index (χ2v) is 6.44. The van der Waals surface area contributed by atoms with Crippen LogP contribution in [0.4, 0.5) is 0 Å². The van der Waals surface area contributed by atoms with E-state index in [0.29, 0.717) is 24.7 Å². The van der Waals surface area contributed by atoms with E-state index in [4.69, 9.17) is 14.6 Å². The SMILES string of the molecule is CC1OCCC1S(=O)CCOc1cccc(C(=O)O)c1. The Bertz CT molecular complexity index is 502. The molecule has 1 aliphatic heterocycles. The molecule has 110 valence electrons. The molecule has 1 aromatic carbocycles. The van der Waals surface area contributed by atoms with Gasteiger partial charge in [0.15, 0.2) is 0 Å². The molecule has 1 heterocycles. The third-order valence-corrected chi connectivity index (χ3v) is 5.14. The highest BCUT2D eigenvalue weighted by Crippen LogP contribution is 2.19. The molecule has 1 N–H and O–H groups in total. The fraction of sp³-hybridized carbons (Fsp3) is 0.500. The molecule has 0 aromatic heterocycles. The van der Waals surface area contributed by atoms with Crippen LogP contribution in [0.5, 0.6) is 5.75 Å². The summed E-state index contributed by atoms with van der Waals surface area (Å²) in [6, 6.07) is 6.29. The zero-order valence-corrected chi connectivity index (χ0v) is 12.1. The van der Waals surface area contributed by atoms with Crippen molar-refractivity contribution in [1.29, 1.82) is 0 Å². The van der Waals surface area contributed by atoms with Crippen molar-refractivity contribution < 1.29 is 23.6 Å². The van der Waals surface area contributed by atoms with E-state index in [2.05, 4.69) is 0 Å². The summed E-state index contributed by atoms with van der Waals surface area (Å²) in [5.74, 6) is -0.0797. The third-order valence-electron chi connectivity index (χ3n) is 3.28. The highest BCUT2D eigenvalue weighted by atomic mass is 32.2. The van der Waals surface area contributed by atoms with E-state index in [1.165, 1.54) is 12.1 Å². The van der Waals surface area contributed by atoms with E-state index in [0.717, 1.165) is 6.42 Å². The minimum atomic E-state index is -0.990. The first-order chi connectivity index (χ1) is 9.58. The van der Waals surface area contributed by atoms with Crippen molar-refractivity contribution in [3.05, 3.63) is 29.8 Å². The lowest BCUT2D eigenvalue weighted by Crippen LogP contribution is -2.26. The second-order valence-electron chi connectivity index (χ2n) is 4.67. The predicted molar refractivity (Wildman–Crippen MR) is 75.7 cm³/mol. The van der Waals surface area contributed by atoms with Gasteiger partial charge in [0.25, 0.3) is 0 Å². The van der Waals surface area contributed by atoms with Crippen LogP contribution < -0.4 is 4.74 Å². The van der Waals surface area contributed by atoms with Crippen LogP contribution in [0.2, 0.25) is 0 Å². The summed E-state index contributed by atoms with van der Waals surface area (Å²) in [6.07, 6.45) is 0.855. The maximum absolute atomic E-state index is 12.1. The molecule has 6 heteroatoms. The van der Waals surface area contributed by atoms with Gasteiger partial charge in [-0.05, 0) is 31.5 Å². The van der Waals surface area contributed by atoms with Gasteiger partial charge in [0, 0.05) is 17.4 Å².